The van der Waals surface area contributed by atoms with E-state index in [2.05, 4.69) is 47.4 Å². The van der Waals surface area contributed by atoms with E-state index in [0.717, 1.165) is 0 Å². The smallest absolute Gasteiger partial charge is 0.341 e. The first kappa shape index (κ1) is 16.8. The standard InChI is InChI=1S/C13H10Br2FN3O3/c1-13(12(21)22-2)10(9(15)11(20)18-19-13)17-8-4-3-6(14)5-7(8)16/h3-5,17H,1-2H3. The Morgan fingerprint density at radius 1 is 1.41 bits per heavy atom. The second kappa shape index (κ2) is 6.25. The molecule has 116 valence electrons. The number of anilines is 1. The summed E-state index contributed by atoms with van der Waals surface area (Å²) >= 11 is 6.21. The maximum absolute atomic E-state index is 14.0. The molecule has 1 N–H and O–H groups in total. The number of hydrogen-bond donors (Lipinski definition) is 1. The highest BCUT2D eigenvalue weighted by molar-refractivity contribution is 9.12. The van der Waals surface area contributed by atoms with Gasteiger partial charge in [-0.3, -0.25) is 4.79 Å². The minimum Gasteiger partial charge on any atom is -0.467 e. The van der Waals surface area contributed by atoms with Crippen molar-refractivity contribution in [2.24, 2.45) is 10.2 Å². The van der Waals surface area contributed by atoms with Gasteiger partial charge in [0, 0.05) is 4.47 Å². The quantitative estimate of drug-likeness (QED) is 0.738. The van der Waals surface area contributed by atoms with Crippen LogP contribution in [-0.4, -0.2) is 24.5 Å². The van der Waals surface area contributed by atoms with E-state index in [0.29, 0.717) is 4.47 Å². The zero-order chi connectivity index (χ0) is 16.5. The first-order valence-electron chi connectivity index (χ1n) is 5.97. The number of nitrogens with one attached hydrogen (secondary N) is 1. The number of amides is 1. The maximum Gasteiger partial charge on any atom is 0.341 e. The molecule has 1 unspecified atom stereocenters. The molecule has 1 heterocycles. The number of halogens is 3. The van der Waals surface area contributed by atoms with Gasteiger partial charge in [0.15, 0.2) is 0 Å². The highest BCUT2D eigenvalue weighted by Gasteiger charge is 2.45. The van der Waals surface area contributed by atoms with Crippen LogP contribution < -0.4 is 5.32 Å². The molecule has 0 aliphatic carbocycles. The van der Waals surface area contributed by atoms with E-state index >= 15 is 0 Å². The van der Waals surface area contributed by atoms with Gasteiger partial charge in [-0.15, -0.1) is 5.11 Å². The van der Waals surface area contributed by atoms with Crippen LogP contribution in [0.1, 0.15) is 6.92 Å². The Balaban J connectivity index is 2.50. The van der Waals surface area contributed by atoms with Crippen molar-refractivity contribution in [2.45, 2.75) is 12.5 Å². The lowest BCUT2D eigenvalue weighted by Gasteiger charge is -2.28. The topological polar surface area (TPSA) is 80.1 Å². The number of ether oxygens (including phenoxy) is 1. The van der Waals surface area contributed by atoms with Crippen LogP contribution in [0.4, 0.5) is 10.1 Å². The summed E-state index contributed by atoms with van der Waals surface area (Å²) < 4.78 is 19.2. The first-order chi connectivity index (χ1) is 10.3. The highest BCUT2D eigenvalue weighted by Crippen LogP contribution is 2.35. The molecule has 0 fully saturated rings. The van der Waals surface area contributed by atoms with Crippen molar-refractivity contribution in [1.29, 1.82) is 0 Å². The number of hydrogen-bond acceptors (Lipinski definition) is 5. The number of nitrogens with zero attached hydrogens (tertiary/aromatic N) is 2. The van der Waals surface area contributed by atoms with Crippen LogP contribution >= 0.6 is 31.9 Å². The van der Waals surface area contributed by atoms with Gasteiger partial charge in [0.05, 0.1) is 18.5 Å². The highest BCUT2D eigenvalue weighted by atomic mass is 79.9. The molecule has 1 aliphatic heterocycles. The van der Waals surface area contributed by atoms with E-state index in [-0.39, 0.29) is 15.9 Å². The van der Waals surface area contributed by atoms with E-state index in [1.165, 1.54) is 26.2 Å². The fourth-order valence-corrected chi connectivity index (χ4v) is 2.70. The van der Waals surface area contributed by atoms with Crippen molar-refractivity contribution < 1.29 is 18.7 Å². The number of rotatable bonds is 3. The van der Waals surface area contributed by atoms with Crippen molar-refractivity contribution in [3.8, 4) is 0 Å². The molecule has 6 nitrogen and oxygen atoms in total. The van der Waals surface area contributed by atoms with Crippen LogP contribution in [0.15, 0.2) is 43.1 Å². The minimum absolute atomic E-state index is 0.0160. The summed E-state index contributed by atoms with van der Waals surface area (Å²) in [5, 5.41) is 9.83. The Bertz CT molecular complexity index is 720. The van der Waals surface area contributed by atoms with Crippen LogP contribution in [0.25, 0.3) is 0 Å². The third-order valence-electron chi connectivity index (χ3n) is 3.01. The van der Waals surface area contributed by atoms with Gasteiger partial charge < -0.3 is 10.1 Å². The third kappa shape index (κ3) is 2.95. The summed E-state index contributed by atoms with van der Waals surface area (Å²) in [6.07, 6.45) is 0. The van der Waals surface area contributed by atoms with Crippen LogP contribution in [0.2, 0.25) is 0 Å². The lowest BCUT2D eigenvalue weighted by Crippen LogP contribution is -2.42. The lowest BCUT2D eigenvalue weighted by atomic mass is 9.97. The number of methoxy groups -OCH3 is 1. The molecular formula is C13H10Br2FN3O3. The molecule has 1 atom stereocenters. The molecule has 22 heavy (non-hydrogen) atoms. The van der Waals surface area contributed by atoms with Gasteiger partial charge in [-0.05, 0) is 41.1 Å². The van der Waals surface area contributed by atoms with Crippen LogP contribution in [0, 0.1) is 5.82 Å². The van der Waals surface area contributed by atoms with E-state index in [4.69, 9.17) is 4.74 Å². The predicted octanol–water partition coefficient (Wildman–Crippen LogP) is 3.53. The van der Waals surface area contributed by atoms with Gasteiger partial charge in [0.1, 0.15) is 10.3 Å². The molecule has 0 spiro atoms. The van der Waals surface area contributed by atoms with Crippen LogP contribution in [-0.2, 0) is 14.3 Å². The van der Waals surface area contributed by atoms with Gasteiger partial charge in [-0.25, -0.2) is 9.18 Å². The second-order valence-corrected chi connectivity index (χ2v) is 6.22. The number of carbonyl (C=O) groups is 2. The zero-order valence-corrected chi connectivity index (χ0v) is 14.7. The maximum atomic E-state index is 14.0. The normalized spacial score (nSPS) is 21.0. The van der Waals surface area contributed by atoms with E-state index in [1.807, 2.05) is 0 Å². The lowest BCUT2D eigenvalue weighted by molar-refractivity contribution is -0.145. The number of benzene rings is 1. The van der Waals surface area contributed by atoms with Crippen molar-refractivity contribution in [1.82, 2.24) is 0 Å². The predicted molar refractivity (Wildman–Crippen MR) is 84.0 cm³/mol. The molecule has 2 rings (SSSR count). The van der Waals surface area contributed by atoms with Crippen molar-refractivity contribution in [3.63, 3.8) is 0 Å². The van der Waals surface area contributed by atoms with Gasteiger partial charge in [-0.1, -0.05) is 15.9 Å². The molecule has 1 amide bonds. The molecule has 0 saturated heterocycles. The van der Waals surface area contributed by atoms with Gasteiger partial charge >= 0.3 is 11.9 Å². The molecule has 0 saturated carbocycles. The summed E-state index contributed by atoms with van der Waals surface area (Å²) in [5.41, 5.74) is -1.45. The average Bonchev–Trinajstić information content (AvgIpc) is 2.48. The minimum atomic E-state index is -1.58. The number of azo groups is 1. The fraction of sp³-hybridized carbons (Fsp3) is 0.231. The average molecular weight is 435 g/mol. The van der Waals surface area contributed by atoms with Gasteiger partial charge in [0.2, 0.25) is 5.54 Å². The Labute approximate surface area is 142 Å². The third-order valence-corrected chi connectivity index (χ3v) is 4.24. The SMILES string of the molecule is COC(=O)C1(C)N=NC(=O)C(Br)=C1Nc1ccc(Br)cc1F. The summed E-state index contributed by atoms with van der Waals surface area (Å²) in [4.78, 5) is 23.7. The summed E-state index contributed by atoms with van der Waals surface area (Å²) in [6, 6.07) is 4.32. The summed E-state index contributed by atoms with van der Waals surface area (Å²) in [6.45, 7) is 1.41. The van der Waals surface area contributed by atoms with Crippen molar-refractivity contribution >= 4 is 49.4 Å². The van der Waals surface area contributed by atoms with E-state index in [9.17, 15) is 14.0 Å². The summed E-state index contributed by atoms with van der Waals surface area (Å²) in [7, 11) is 1.19. The Morgan fingerprint density at radius 2 is 2.09 bits per heavy atom. The van der Waals surface area contributed by atoms with Crippen LogP contribution in [0.3, 0.4) is 0 Å². The van der Waals surface area contributed by atoms with Crippen molar-refractivity contribution in [2.75, 3.05) is 12.4 Å². The summed E-state index contributed by atoms with van der Waals surface area (Å²) in [5.74, 6) is -1.98. The number of carbonyl (C=O) groups excluding carboxylic acids is 2. The van der Waals surface area contributed by atoms with Gasteiger partial charge in [-0.2, -0.15) is 5.11 Å². The molecule has 1 aromatic rings. The Hall–Kier alpha value is -1.61. The molecule has 9 heteroatoms. The molecule has 1 aliphatic rings. The Morgan fingerprint density at radius 3 is 2.68 bits per heavy atom. The van der Waals surface area contributed by atoms with Crippen molar-refractivity contribution in [3.05, 3.63) is 38.7 Å². The van der Waals surface area contributed by atoms with Crippen LogP contribution in [0.5, 0.6) is 0 Å². The fourth-order valence-electron chi connectivity index (χ4n) is 1.80. The monoisotopic (exact) mass is 433 g/mol. The van der Waals surface area contributed by atoms with Gasteiger partial charge in [0.25, 0.3) is 0 Å². The largest absolute Gasteiger partial charge is 0.467 e. The first-order valence-corrected chi connectivity index (χ1v) is 7.56. The number of esters is 1. The molecule has 1 aromatic carbocycles. The molecule has 0 aromatic heterocycles. The van der Waals surface area contributed by atoms with E-state index < -0.39 is 23.2 Å². The molecular weight excluding hydrogens is 425 g/mol. The molecule has 0 radical (unpaired) electrons. The second-order valence-electron chi connectivity index (χ2n) is 4.51. The zero-order valence-electron chi connectivity index (χ0n) is 11.5. The molecule has 0 bridgehead atoms. The van der Waals surface area contributed by atoms with E-state index in [1.54, 1.807) is 6.07 Å². The Kier molecular flexibility index (Phi) is 4.76.